The molecule has 18 heavy (non-hydrogen) atoms. The molecule has 4 heteroatoms. The Labute approximate surface area is 111 Å². The van der Waals surface area contributed by atoms with E-state index in [1.165, 1.54) is 12.8 Å². The van der Waals surface area contributed by atoms with Crippen molar-refractivity contribution >= 4 is 5.91 Å². The highest BCUT2D eigenvalue weighted by Crippen LogP contribution is 2.19. The summed E-state index contributed by atoms with van der Waals surface area (Å²) in [5.41, 5.74) is 0. The third-order valence-corrected chi connectivity index (χ3v) is 4.13. The largest absolute Gasteiger partial charge is 0.341 e. The first-order chi connectivity index (χ1) is 8.70. The van der Waals surface area contributed by atoms with Gasteiger partial charge in [0.25, 0.3) is 0 Å². The second kappa shape index (κ2) is 6.53. The number of amides is 1. The average Bonchev–Trinajstić information content (AvgIpc) is 2.98. The molecular weight excluding hydrogens is 226 g/mol. The zero-order valence-electron chi connectivity index (χ0n) is 11.8. The van der Waals surface area contributed by atoms with Gasteiger partial charge in [-0.2, -0.15) is 0 Å². The number of likely N-dealkylation sites (tertiary alicyclic amines) is 1. The topological polar surface area (TPSA) is 35.6 Å². The minimum Gasteiger partial charge on any atom is -0.341 e. The van der Waals surface area contributed by atoms with E-state index in [0.29, 0.717) is 11.8 Å². The number of hydrogen-bond donors (Lipinski definition) is 1. The van der Waals surface area contributed by atoms with Crippen LogP contribution in [0.4, 0.5) is 0 Å². The van der Waals surface area contributed by atoms with E-state index < -0.39 is 0 Å². The summed E-state index contributed by atoms with van der Waals surface area (Å²) in [6.07, 6.45) is 4.55. The van der Waals surface area contributed by atoms with E-state index in [2.05, 4.69) is 29.1 Å². The van der Waals surface area contributed by atoms with Gasteiger partial charge in [-0.1, -0.05) is 6.92 Å². The van der Waals surface area contributed by atoms with Gasteiger partial charge in [0.05, 0.1) is 6.04 Å². The maximum atomic E-state index is 12.3. The van der Waals surface area contributed by atoms with Crippen molar-refractivity contribution in [2.45, 2.75) is 38.6 Å². The van der Waals surface area contributed by atoms with Crippen molar-refractivity contribution in [3.05, 3.63) is 0 Å². The quantitative estimate of drug-likeness (QED) is 0.792. The van der Waals surface area contributed by atoms with Crippen molar-refractivity contribution in [2.24, 2.45) is 5.92 Å². The van der Waals surface area contributed by atoms with Gasteiger partial charge in [-0.3, -0.25) is 4.79 Å². The molecule has 0 radical (unpaired) electrons. The molecule has 1 amide bonds. The zero-order chi connectivity index (χ0) is 13.0. The highest BCUT2D eigenvalue weighted by Gasteiger charge is 2.32. The number of carbonyl (C=O) groups excluding carboxylic acids is 1. The van der Waals surface area contributed by atoms with E-state index in [-0.39, 0.29) is 6.04 Å². The highest BCUT2D eigenvalue weighted by atomic mass is 16.2. The molecule has 0 saturated carbocycles. The predicted octanol–water partition coefficient (Wildman–Crippen LogP) is 0.929. The molecule has 2 rings (SSSR count). The van der Waals surface area contributed by atoms with Crippen LogP contribution in [0.5, 0.6) is 0 Å². The van der Waals surface area contributed by atoms with Crippen molar-refractivity contribution in [3.8, 4) is 0 Å². The van der Waals surface area contributed by atoms with Crippen LogP contribution < -0.4 is 5.32 Å². The third kappa shape index (κ3) is 3.45. The first-order valence-corrected chi connectivity index (χ1v) is 7.41. The number of rotatable bonds is 5. The van der Waals surface area contributed by atoms with Crippen LogP contribution in [0.3, 0.4) is 0 Å². The Morgan fingerprint density at radius 3 is 2.94 bits per heavy atom. The molecule has 2 aliphatic rings. The maximum absolute atomic E-state index is 12.3. The van der Waals surface area contributed by atoms with Gasteiger partial charge in [0.15, 0.2) is 0 Å². The van der Waals surface area contributed by atoms with Crippen LogP contribution in [0, 0.1) is 5.92 Å². The first-order valence-electron chi connectivity index (χ1n) is 7.41. The molecule has 1 N–H and O–H groups in total. The Morgan fingerprint density at radius 1 is 1.44 bits per heavy atom. The lowest BCUT2D eigenvalue weighted by Crippen LogP contribution is -2.42. The SMILES string of the molecule is CCCN(C)CC1CCN(C(=O)[C@@H]2CCCN2)C1. The summed E-state index contributed by atoms with van der Waals surface area (Å²) in [5.74, 6) is 1.01. The molecule has 2 heterocycles. The number of nitrogens with zero attached hydrogens (tertiary/aromatic N) is 2. The van der Waals surface area contributed by atoms with Crippen LogP contribution in [0.1, 0.15) is 32.6 Å². The maximum Gasteiger partial charge on any atom is 0.239 e. The van der Waals surface area contributed by atoms with Gasteiger partial charge in [-0.25, -0.2) is 0 Å². The van der Waals surface area contributed by atoms with Crippen LogP contribution >= 0.6 is 0 Å². The van der Waals surface area contributed by atoms with Crippen molar-refractivity contribution < 1.29 is 4.79 Å². The minimum absolute atomic E-state index is 0.108. The Kier molecular flexibility index (Phi) is 5.01. The van der Waals surface area contributed by atoms with Crippen LogP contribution in [0.2, 0.25) is 0 Å². The molecule has 0 aromatic carbocycles. The van der Waals surface area contributed by atoms with Gasteiger partial charge in [0.2, 0.25) is 5.91 Å². The summed E-state index contributed by atoms with van der Waals surface area (Å²) in [6, 6.07) is 0.108. The Balaban J connectivity index is 1.75. The smallest absolute Gasteiger partial charge is 0.239 e. The van der Waals surface area contributed by atoms with Crippen LogP contribution in [-0.2, 0) is 4.79 Å². The lowest BCUT2D eigenvalue weighted by Gasteiger charge is -2.22. The van der Waals surface area contributed by atoms with Crippen molar-refractivity contribution in [3.63, 3.8) is 0 Å². The van der Waals surface area contributed by atoms with E-state index >= 15 is 0 Å². The normalized spacial score (nSPS) is 28.3. The summed E-state index contributed by atoms with van der Waals surface area (Å²) < 4.78 is 0. The lowest BCUT2D eigenvalue weighted by atomic mass is 10.1. The number of carbonyl (C=O) groups is 1. The number of nitrogens with one attached hydrogen (secondary N) is 1. The second-order valence-corrected chi connectivity index (χ2v) is 5.85. The van der Waals surface area contributed by atoms with Gasteiger partial charge >= 0.3 is 0 Å². The minimum atomic E-state index is 0.108. The van der Waals surface area contributed by atoms with E-state index in [4.69, 9.17) is 0 Å². The van der Waals surface area contributed by atoms with Gasteiger partial charge < -0.3 is 15.1 Å². The van der Waals surface area contributed by atoms with Crippen LogP contribution in [-0.4, -0.2) is 61.5 Å². The van der Waals surface area contributed by atoms with Gasteiger partial charge in [-0.15, -0.1) is 0 Å². The van der Waals surface area contributed by atoms with Crippen LogP contribution in [0.25, 0.3) is 0 Å². The molecule has 0 aromatic rings. The molecule has 2 fully saturated rings. The molecule has 0 aromatic heterocycles. The second-order valence-electron chi connectivity index (χ2n) is 5.85. The fourth-order valence-corrected chi connectivity index (χ4v) is 3.21. The molecule has 0 spiro atoms. The highest BCUT2D eigenvalue weighted by molar-refractivity contribution is 5.82. The fourth-order valence-electron chi connectivity index (χ4n) is 3.21. The first kappa shape index (κ1) is 13.8. The zero-order valence-corrected chi connectivity index (χ0v) is 11.8. The molecule has 2 atom stereocenters. The Hall–Kier alpha value is -0.610. The van der Waals surface area contributed by atoms with Gasteiger partial charge in [-0.05, 0) is 51.7 Å². The monoisotopic (exact) mass is 253 g/mol. The summed E-state index contributed by atoms with van der Waals surface area (Å²) >= 11 is 0. The molecule has 0 bridgehead atoms. The molecule has 1 unspecified atom stereocenters. The van der Waals surface area contributed by atoms with E-state index in [1.807, 2.05) is 0 Å². The molecule has 2 aliphatic heterocycles. The van der Waals surface area contributed by atoms with Gasteiger partial charge in [0, 0.05) is 19.6 Å². The molecule has 104 valence electrons. The molecule has 0 aliphatic carbocycles. The van der Waals surface area contributed by atoms with Crippen molar-refractivity contribution in [2.75, 3.05) is 39.8 Å². The lowest BCUT2D eigenvalue weighted by molar-refractivity contribution is -0.132. The Morgan fingerprint density at radius 2 is 2.28 bits per heavy atom. The van der Waals surface area contributed by atoms with E-state index in [0.717, 1.165) is 45.6 Å². The van der Waals surface area contributed by atoms with E-state index in [9.17, 15) is 4.79 Å². The van der Waals surface area contributed by atoms with Crippen molar-refractivity contribution in [1.29, 1.82) is 0 Å². The number of hydrogen-bond acceptors (Lipinski definition) is 3. The fraction of sp³-hybridized carbons (Fsp3) is 0.929. The third-order valence-electron chi connectivity index (χ3n) is 4.13. The Bertz CT molecular complexity index is 276. The summed E-state index contributed by atoms with van der Waals surface area (Å²) in [7, 11) is 2.19. The summed E-state index contributed by atoms with van der Waals surface area (Å²) in [4.78, 5) is 16.7. The molecule has 4 nitrogen and oxygen atoms in total. The van der Waals surface area contributed by atoms with Crippen molar-refractivity contribution in [1.82, 2.24) is 15.1 Å². The summed E-state index contributed by atoms with van der Waals surface area (Å²) in [6.45, 7) is 7.44. The molecule has 2 saturated heterocycles. The van der Waals surface area contributed by atoms with Crippen LogP contribution in [0.15, 0.2) is 0 Å². The predicted molar refractivity (Wildman–Crippen MR) is 73.5 cm³/mol. The van der Waals surface area contributed by atoms with Gasteiger partial charge in [0.1, 0.15) is 0 Å². The average molecular weight is 253 g/mol. The molecular formula is C14H27N3O. The summed E-state index contributed by atoms with van der Waals surface area (Å²) in [5, 5.41) is 3.31. The van der Waals surface area contributed by atoms with E-state index in [1.54, 1.807) is 0 Å². The standard InChI is InChI=1S/C14H27N3O/c1-3-8-16(2)10-12-6-9-17(11-12)14(18)13-5-4-7-15-13/h12-13,15H,3-11H2,1-2H3/t12?,13-/m0/s1.